The molecule has 2 N–H and O–H groups in total. The number of carboxylic acids is 1. The van der Waals surface area contributed by atoms with E-state index in [2.05, 4.69) is 22.6 Å². The van der Waals surface area contributed by atoms with Crippen LogP contribution in [0.4, 0.5) is 0 Å². The van der Waals surface area contributed by atoms with Crippen molar-refractivity contribution in [1.82, 2.24) is 10.3 Å². The van der Waals surface area contributed by atoms with E-state index in [4.69, 9.17) is 5.11 Å². The number of carbonyl (C=O) groups is 2. The Morgan fingerprint density at radius 3 is 3.11 bits per heavy atom. The third kappa shape index (κ3) is 6.07. The number of rotatable bonds is 10. The van der Waals surface area contributed by atoms with E-state index in [1.54, 1.807) is 23.1 Å². The minimum atomic E-state index is -0.994. The summed E-state index contributed by atoms with van der Waals surface area (Å²) in [5.41, 5.74) is 1.05. The average molecular weight is 302 g/mol. The summed E-state index contributed by atoms with van der Waals surface area (Å²) in [6.07, 6.45) is 2.96. The molecule has 19 heavy (non-hydrogen) atoms. The van der Waals surface area contributed by atoms with E-state index in [9.17, 15) is 9.59 Å². The van der Waals surface area contributed by atoms with Gasteiger partial charge in [0.05, 0.1) is 10.7 Å². The highest BCUT2D eigenvalue weighted by Crippen LogP contribution is 2.17. The van der Waals surface area contributed by atoms with Crippen molar-refractivity contribution < 1.29 is 14.7 Å². The Kier molecular flexibility index (Phi) is 7.50. The Bertz CT molecular complexity index is 409. The lowest BCUT2D eigenvalue weighted by molar-refractivity contribution is -0.140. The van der Waals surface area contributed by atoms with Gasteiger partial charge in [-0.2, -0.15) is 11.8 Å². The van der Waals surface area contributed by atoms with Crippen molar-refractivity contribution in [2.24, 2.45) is 0 Å². The maximum Gasteiger partial charge on any atom is 0.326 e. The zero-order valence-electron chi connectivity index (χ0n) is 10.8. The van der Waals surface area contributed by atoms with E-state index in [0.717, 1.165) is 29.3 Å². The van der Waals surface area contributed by atoms with Crippen molar-refractivity contribution in [3.8, 4) is 0 Å². The number of carboxylic acid groups (broad SMARTS) is 1. The summed E-state index contributed by atoms with van der Waals surface area (Å²) >= 11 is 3.31. The number of amides is 1. The number of aromatic nitrogens is 1. The molecular weight excluding hydrogens is 284 g/mol. The standard InChI is InChI=1S/C12H18N2O3S2/c1-2-3-11-14-9(7-19-11)6-18-5-4-10(12(16)17)13-8-15/h7-8,10H,2-6H2,1H3,(H,13,15)(H,16,17). The van der Waals surface area contributed by atoms with Gasteiger partial charge in [-0.15, -0.1) is 11.3 Å². The number of nitrogens with zero attached hydrogens (tertiary/aromatic N) is 1. The molecule has 1 rings (SSSR count). The molecule has 0 aliphatic rings. The number of hydrogen-bond acceptors (Lipinski definition) is 5. The van der Waals surface area contributed by atoms with Gasteiger partial charge < -0.3 is 10.4 Å². The lowest BCUT2D eigenvalue weighted by atomic mass is 10.2. The minimum absolute atomic E-state index is 0.421. The van der Waals surface area contributed by atoms with Crippen LogP contribution in [-0.2, 0) is 21.8 Å². The van der Waals surface area contributed by atoms with Crippen LogP contribution in [0.1, 0.15) is 30.5 Å². The lowest BCUT2D eigenvalue weighted by Gasteiger charge is -2.09. The highest BCUT2D eigenvalue weighted by atomic mass is 32.2. The van der Waals surface area contributed by atoms with Gasteiger partial charge >= 0.3 is 5.97 Å². The predicted molar refractivity (Wildman–Crippen MR) is 77.5 cm³/mol. The zero-order chi connectivity index (χ0) is 14.1. The molecule has 0 bridgehead atoms. The van der Waals surface area contributed by atoms with Gasteiger partial charge in [0, 0.05) is 11.1 Å². The summed E-state index contributed by atoms with van der Waals surface area (Å²) < 4.78 is 0. The van der Waals surface area contributed by atoms with Crippen LogP contribution in [0, 0.1) is 0 Å². The van der Waals surface area contributed by atoms with E-state index >= 15 is 0 Å². The molecule has 0 aromatic carbocycles. The third-order valence-corrected chi connectivity index (χ3v) is 4.41. The molecule has 7 heteroatoms. The SMILES string of the molecule is CCCc1nc(CSCCC(NC=O)C(=O)O)cs1. The van der Waals surface area contributed by atoms with Crippen LogP contribution in [0.15, 0.2) is 5.38 Å². The van der Waals surface area contributed by atoms with Gasteiger partial charge in [-0.25, -0.2) is 9.78 Å². The van der Waals surface area contributed by atoms with Gasteiger partial charge in [-0.1, -0.05) is 6.92 Å². The largest absolute Gasteiger partial charge is 0.480 e. The topological polar surface area (TPSA) is 79.3 Å². The number of aliphatic carboxylic acids is 1. The lowest BCUT2D eigenvalue weighted by Crippen LogP contribution is -2.36. The van der Waals surface area contributed by atoms with Crippen LogP contribution in [0.25, 0.3) is 0 Å². The number of carbonyl (C=O) groups excluding carboxylic acids is 1. The fourth-order valence-corrected chi connectivity index (χ4v) is 3.39. The van der Waals surface area contributed by atoms with Crippen molar-refractivity contribution >= 4 is 35.5 Å². The molecule has 0 fully saturated rings. The fraction of sp³-hybridized carbons (Fsp3) is 0.583. The first-order valence-corrected chi connectivity index (χ1v) is 8.14. The molecular formula is C12H18N2O3S2. The first-order valence-electron chi connectivity index (χ1n) is 6.10. The van der Waals surface area contributed by atoms with Crippen LogP contribution < -0.4 is 5.32 Å². The minimum Gasteiger partial charge on any atom is -0.480 e. The molecule has 0 saturated carbocycles. The van der Waals surface area contributed by atoms with Crippen LogP contribution in [0.3, 0.4) is 0 Å². The summed E-state index contributed by atoms with van der Waals surface area (Å²) in [5.74, 6) is 0.470. The van der Waals surface area contributed by atoms with Gasteiger partial charge in [-0.05, 0) is 25.0 Å². The van der Waals surface area contributed by atoms with Crippen LogP contribution in [0.5, 0.6) is 0 Å². The number of aryl methyl sites for hydroxylation is 1. The van der Waals surface area contributed by atoms with E-state index < -0.39 is 12.0 Å². The Balaban J connectivity index is 2.25. The molecule has 1 amide bonds. The molecule has 1 heterocycles. The Morgan fingerprint density at radius 1 is 1.68 bits per heavy atom. The first kappa shape index (κ1) is 16.0. The molecule has 0 aliphatic heterocycles. The predicted octanol–water partition coefficient (Wildman–Crippen LogP) is 1.92. The van der Waals surface area contributed by atoms with Crippen molar-refractivity contribution in [2.45, 2.75) is 38.0 Å². The molecule has 106 valence electrons. The molecule has 0 radical (unpaired) electrons. The van der Waals surface area contributed by atoms with Crippen LogP contribution in [0.2, 0.25) is 0 Å². The van der Waals surface area contributed by atoms with Gasteiger partial charge in [0.1, 0.15) is 6.04 Å². The Labute approximate surface area is 120 Å². The monoisotopic (exact) mass is 302 g/mol. The molecule has 0 saturated heterocycles. The van der Waals surface area contributed by atoms with E-state index in [1.807, 2.05) is 0 Å². The maximum atomic E-state index is 10.8. The Hall–Kier alpha value is -1.08. The van der Waals surface area contributed by atoms with Crippen molar-refractivity contribution in [3.63, 3.8) is 0 Å². The zero-order valence-corrected chi connectivity index (χ0v) is 12.4. The van der Waals surface area contributed by atoms with Crippen LogP contribution in [-0.4, -0.2) is 34.3 Å². The number of thiazole rings is 1. The highest BCUT2D eigenvalue weighted by molar-refractivity contribution is 7.98. The summed E-state index contributed by atoms with van der Waals surface area (Å²) in [6, 6.07) is -0.795. The van der Waals surface area contributed by atoms with E-state index in [-0.39, 0.29) is 0 Å². The van der Waals surface area contributed by atoms with E-state index in [0.29, 0.717) is 18.6 Å². The fourth-order valence-electron chi connectivity index (χ4n) is 1.48. The highest BCUT2D eigenvalue weighted by Gasteiger charge is 2.15. The van der Waals surface area contributed by atoms with Crippen LogP contribution >= 0.6 is 23.1 Å². The molecule has 1 unspecified atom stereocenters. The van der Waals surface area contributed by atoms with Gasteiger partial charge in [0.15, 0.2) is 0 Å². The van der Waals surface area contributed by atoms with Crippen molar-refractivity contribution in [1.29, 1.82) is 0 Å². The van der Waals surface area contributed by atoms with Gasteiger partial charge in [0.2, 0.25) is 6.41 Å². The first-order chi connectivity index (χ1) is 9.17. The summed E-state index contributed by atoms with van der Waals surface area (Å²) in [5, 5.41) is 14.3. The smallest absolute Gasteiger partial charge is 0.326 e. The third-order valence-electron chi connectivity index (χ3n) is 2.43. The average Bonchev–Trinajstić information content (AvgIpc) is 2.81. The second kappa shape index (κ2) is 8.92. The van der Waals surface area contributed by atoms with Crippen molar-refractivity contribution in [2.75, 3.05) is 5.75 Å². The van der Waals surface area contributed by atoms with E-state index in [1.165, 1.54) is 0 Å². The molecule has 1 aromatic rings. The second-order valence-corrected chi connectivity index (χ2v) is 6.05. The van der Waals surface area contributed by atoms with Crippen molar-refractivity contribution in [3.05, 3.63) is 16.1 Å². The molecule has 0 aliphatic carbocycles. The summed E-state index contributed by atoms with van der Waals surface area (Å²) in [4.78, 5) is 25.5. The normalized spacial score (nSPS) is 12.1. The number of thioether (sulfide) groups is 1. The van der Waals surface area contributed by atoms with Gasteiger partial charge in [-0.3, -0.25) is 4.79 Å². The second-order valence-electron chi connectivity index (χ2n) is 4.00. The molecule has 1 aromatic heterocycles. The molecule has 5 nitrogen and oxygen atoms in total. The quantitative estimate of drug-likeness (QED) is 0.510. The number of nitrogens with one attached hydrogen (secondary N) is 1. The van der Waals surface area contributed by atoms with Gasteiger partial charge in [0.25, 0.3) is 0 Å². The number of hydrogen-bond donors (Lipinski definition) is 2. The maximum absolute atomic E-state index is 10.8. The molecule has 0 spiro atoms. The Morgan fingerprint density at radius 2 is 2.47 bits per heavy atom. The summed E-state index contributed by atoms with van der Waals surface area (Å²) in [7, 11) is 0. The summed E-state index contributed by atoms with van der Waals surface area (Å²) in [6.45, 7) is 2.13. The molecule has 1 atom stereocenters.